The molecule has 0 saturated heterocycles. The first-order chi connectivity index (χ1) is 5.77. The molecule has 0 spiro atoms. The van der Waals surface area contributed by atoms with E-state index in [-0.39, 0.29) is 0 Å². The molecule has 2 rings (SSSR count). The zero-order valence-corrected chi connectivity index (χ0v) is 6.19. The topological polar surface area (TPSA) is 62.0 Å². The van der Waals surface area contributed by atoms with Crippen LogP contribution in [0.5, 0.6) is 0 Å². The average Bonchev–Trinajstić information content (AvgIpc) is 2.49. The summed E-state index contributed by atoms with van der Waals surface area (Å²) in [5.41, 5.74) is 1.98. The summed E-state index contributed by atoms with van der Waals surface area (Å²) < 4.78 is 0. The monoisotopic (exact) mass is 162 g/mol. The fourth-order valence-corrected chi connectivity index (χ4v) is 1.13. The van der Waals surface area contributed by atoms with E-state index in [9.17, 15) is 4.79 Å². The van der Waals surface area contributed by atoms with Gasteiger partial charge in [0.25, 0.3) is 0 Å². The Hall–Kier alpha value is -1.71. The van der Waals surface area contributed by atoms with Crippen LogP contribution < -0.4 is 0 Å². The van der Waals surface area contributed by atoms with Crippen molar-refractivity contribution in [3.05, 3.63) is 23.5 Å². The van der Waals surface area contributed by atoms with Crippen LogP contribution in [0.15, 0.2) is 33.5 Å². The normalized spacial score (nSPS) is 19.5. The van der Waals surface area contributed by atoms with Crippen LogP contribution in [0.3, 0.4) is 0 Å². The Morgan fingerprint density at radius 2 is 2.33 bits per heavy atom. The highest BCUT2D eigenvalue weighted by atomic mass is 16.4. The second kappa shape index (κ2) is 2.41. The number of nitrogens with zero attached hydrogens (tertiary/aromatic N) is 2. The highest BCUT2D eigenvalue weighted by molar-refractivity contribution is 6.40. The van der Waals surface area contributed by atoms with Crippen molar-refractivity contribution < 1.29 is 9.90 Å². The van der Waals surface area contributed by atoms with Crippen LogP contribution in [0.4, 0.5) is 0 Å². The molecule has 2 aliphatic heterocycles. The second-order valence-corrected chi connectivity index (χ2v) is 2.58. The third-order valence-electron chi connectivity index (χ3n) is 1.77. The molecule has 2 heterocycles. The van der Waals surface area contributed by atoms with Crippen LogP contribution in [-0.4, -0.2) is 23.0 Å². The highest BCUT2D eigenvalue weighted by Crippen LogP contribution is 2.20. The van der Waals surface area contributed by atoms with Crippen molar-refractivity contribution in [3.8, 4) is 0 Å². The summed E-state index contributed by atoms with van der Waals surface area (Å²) in [4.78, 5) is 18.4. The SMILES string of the molecule is O=C(O)C1=CN=C2C=NC=C2C1. The minimum Gasteiger partial charge on any atom is -0.478 e. The van der Waals surface area contributed by atoms with Gasteiger partial charge in [0.1, 0.15) is 0 Å². The maximum atomic E-state index is 10.5. The van der Waals surface area contributed by atoms with E-state index >= 15 is 0 Å². The first kappa shape index (κ1) is 6.97. The molecular formula is C8H6N2O2. The summed E-state index contributed by atoms with van der Waals surface area (Å²) in [7, 11) is 0. The van der Waals surface area contributed by atoms with E-state index in [1.165, 1.54) is 6.20 Å². The van der Waals surface area contributed by atoms with E-state index in [2.05, 4.69) is 9.98 Å². The maximum absolute atomic E-state index is 10.5. The molecule has 12 heavy (non-hydrogen) atoms. The van der Waals surface area contributed by atoms with Gasteiger partial charge in [-0.1, -0.05) is 0 Å². The molecule has 1 N–H and O–H groups in total. The molecule has 0 unspecified atom stereocenters. The van der Waals surface area contributed by atoms with Gasteiger partial charge in [0.15, 0.2) is 0 Å². The summed E-state index contributed by atoms with van der Waals surface area (Å²) in [6.07, 6.45) is 5.08. The molecule has 0 aliphatic carbocycles. The molecule has 4 nitrogen and oxygen atoms in total. The lowest BCUT2D eigenvalue weighted by atomic mass is 10.0. The number of carboxylic acid groups (broad SMARTS) is 1. The van der Waals surface area contributed by atoms with Gasteiger partial charge in [0, 0.05) is 24.4 Å². The Bertz CT molecular complexity index is 361. The quantitative estimate of drug-likeness (QED) is 0.618. The number of carboxylic acids is 1. The first-order valence-electron chi connectivity index (χ1n) is 3.50. The van der Waals surface area contributed by atoms with Gasteiger partial charge in [-0.05, 0) is 0 Å². The lowest BCUT2D eigenvalue weighted by Gasteiger charge is -2.07. The van der Waals surface area contributed by atoms with Crippen LogP contribution in [0.1, 0.15) is 6.42 Å². The number of fused-ring (bicyclic) bond motifs is 1. The number of hydrogen-bond donors (Lipinski definition) is 1. The Morgan fingerprint density at radius 1 is 1.50 bits per heavy atom. The molecule has 0 aromatic heterocycles. The van der Waals surface area contributed by atoms with Crippen molar-refractivity contribution in [2.45, 2.75) is 6.42 Å². The standard InChI is InChI=1S/C8H6N2O2/c11-8(12)6-1-5-2-9-4-7(5)10-3-6/h2-4H,1H2,(H,11,12). The van der Waals surface area contributed by atoms with Crippen LogP contribution >= 0.6 is 0 Å². The van der Waals surface area contributed by atoms with Gasteiger partial charge in [-0.3, -0.25) is 9.98 Å². The minimum atomic E-state index is -0.911. The van der Waals surface area contributed by atoms with Crippen molar-refractivity contribution in [3.63, 3.8) is 0 Å². The largest absolute Gasteiger partial charge is 0.478 e. The van der Waals surface area contributed by atoms with Gasteiger partial charge in [0.2, 0.25) is 0 Å². The summed E-state index contributed by atoms with van der Waals surface area (Å²) in [5.74, 6) is -0.911. The molecule has 0 fully saturated rings. The van der Waals surface area contributed by atoms with E-state index < -0.39 is 5.97 Å². The summed E-state index contributed by atoms with van der Waals surface area (Å²) in [5, 5.41) is 8.65. The van der Waals surface area contributed by atoms with Crippen molar-refractivity contribution in [1.82, 2.24) is 0 Å². The van der Waals surface area contributed by atoms with E-state index in [1.807, 2.05) is 0 Å². The predicted octanol–water partition coefficient (Wildman–Crippen LogP) is 0.768. The Morgan fingerprint density at radius 3 is 3.08 bits per heavy atom. The van der Waals surface area contributed by atoms with Crippen molar-refractivity contribution in [2.24, 2.45) is 9.98 Å². The lowest BCUT2D eigenvalue weighted by molar-refractivity contribution is -0.132. The molecule has 0 radical (unpaired) electrons. The molecule has 0 amide bonds. The van der Waals surface area contributed by atoms with Gasteiger partial charge < -0.3 is 5.11 Å². The molecule has 0 aromatic rings. The zero-order chi connectivity index (χ0) is 8.55. The molecule has 0 atom stereocenters. The highest BCUT2D eigenvalue weighted by Gasteiger charge is 2.18. The van der Waals surface area contributed by atoms with E-state index in [4.69, 9.17) is 5.11 Å². The maximum Gasteiger partial charge on any atom is 0.333 e. The van der Waals surface area contributed by atoms with Crippen LogP contribution in [0.25, 0.3) is 0 Å². The Kier molecular flexibility index (Phi) is 1.40. The fraction of sp³-hybridized carbons (Fsp3) is 0.125. The van der Waals surface area contributed by atoms with Gasteiger partial charge in [-0.15, -0.1) is 0 Å². The third kappa shape index (κ3) is 0.972. The van der Waals surface area contributed by atoms with E-state index in [1.54, 1.807) is 12.4 Å². The van der Waals surface area contributed by atoms with Gasteiger partial charge in [-0.25, -0.2) is 4.79 Å². The second-order valence-electron chi connectivity index (χ2n) is 2.58. The van der Waals surface area contributed by atoms with Crippen molar-refractivity contribution in [1.29, 1.82) is 0 Å². The first-order valence-corrected chi connectivity index (χ1v) is 3.50. The Labute approximate surface area is 68.6 Å². The Balaban J connectivity index is 2.33. The fourth-order valence-electron chi connectivity index (χ4n) is 1.13. The van der Waals surface area contributed by atoms with Crippen LogP contribution in [-0.2, 0) is 4.79 Å². The van der Waals surface area contributed by atoms with Crippen molar-refractivity contribution >= 4 is 17.9 Å². The number of aliphatic imine (C=N–C) groups is 2. The van der Waals surface area contributed by atoms with E-state index in [0.717, 1.165) is 11.3 Å². The molecule has 0 bridgehead atoms. The zero-order valence-electron chi connectivity index (χ0n) is 6.19. The molecular weight excluding hydrogens is 156 g/mol. The van der Waals surface area contributed by atoms with Crippen LogP contribution in [0, 0.1) is 0 Å². The van der Waals surface area contributed by atoms with Crippen LogP contribution in [0.2, 0.25) is 0 Å². The molecule has 4 heteroatoms. The minimum absolute atomic E-state index is 0.315. The number of hydrogen-bond acceptors (Lipinski definition) is 3. The van der Waals surface area contributed by atoms with Gasteiger partial charge in [0.05, 0.1) is 17.5 Å². The molecule has 0 aromatic carbocycles. The number of allylic oxidation sites excluding steroid dienone is 1. The molecule has 60 valence electrons. The van der Waals surface area contributed by atoms with Crippen molar-refractivity contribution in [2.75, 3.05) is 0 Å². The number of aliphatic carboxylic acids is 1. The summed E-state index contributed by atoms with van der Waals surface area (Å²) in [6, 6.07) is 0. The smallest absolute Gasteiger partial charge is 0.333 e. The predicted molar refractivity (Wildman–Crippen MR) is 44.3 cm³/mol. The lowest BCUT2D eigenvalue weighted by Crippen LogP contribution is -2.10. The van der Waals surface area contributed by atoms with E-state index in [0.29, 0.717) is 12.0 Å². The number of carbonyl (C=O) groups is 1. The average molecular weight is 162 g/mol. The van der Waals surface area contributed by atoms with Gasteiger partial charge >= 0.3 is 5.97 Å². The summed E-state index contributed by atoms with van der Waals surface area (Å²) >= 11 is 0. The van der Waals surface area contributed by atoms with Gasteiger partial charge in [-0.2, -0.15) is 0 Å². The third-order valence-corrected chi connectivity index (χ3v) is 1.77. The molecule has 2 aliphatic rings. The molecule has 0 saturated carbocycles. The summed E-state index contributed by atoms with van der Waals surface area (Å²) in [6.45, 7) is 0. The number of rotatable bonds is 1.